The molecule has 0 saturated heterocycles. The van der Waals surface area contributed by atoms with E-state index in [0.29, 0.717) is 19.1 Å². The van der Waals surface area contributed by atoms with Crippen molar-refractivity contribution in [1.82, 2.24) is 9.88 Å². The molecular formula is C14H18N2O2. The van der Waals surface area contributed by atoms with Crippen LogP contribution in [0.15, 0.2) is 28.7 Å². The van der Waals surface area contributed by atoms with Crippen LogP contribution in [0, 0.1) is 0 Å². The van der Waals surface area contributed by atoms with E-state index < -0.39 is 0 Å². The second kappa shape index (κ2) is 5.08. The Morgan fingerprint density at radius 2 is 2.17 bits per heavy atom. The number of hydrogen-bond donors (Lipinski definition) is 1. The van der Waals surface area contributed by atoms with Gasteiger partial charge in [-0.05, 0) is 25.0 Å². The minimum atomic E-state index is 0.191. The van der Waals surface area contributed by atoms with E-state index in [1.165, 1.54) is 19.3 Å². The van der Waals surface area contributed by atoms with Crippen LogP contribution in [-0.4, -0.2) is 34.2 Å². The smallest absolute Gasteiger partial charge is 0.209 e. The molecule has 0 unspecified atom stereocenters. The molecular weight excluding hydrogens is 228 g/mol. The topological polar surface area (TPSA) is 49.5 Å². The number of aromatic nitrogens is 1. The molecule has 18 heavy (non-hydrogen) atoms. The standard InChI is InChI=1S/C14H18N2O2/c17-9-8-16(11-4-3-5-11)10-14-15-12-6-1-2-7-13(12)18-14/h1-2,6-7,11,17H,3-5,8-10H2. The summed E-state index contributed by atoms with van der Waals surface area (Å²) in [5, 5.41) is 9.13. The Kier molecular flexibility index (Phi) is 3.30. The fourth-order valence-corrected chi connectivity index (χ4v) is 2.43. The van der Waals surface area contributed by atoms with Gasteiger partial charge in [0.25, 0.3) is 0 Å². The van der Waals surface area contributed by atoms with Crippen molar-refractivity contribution in [2.75, 3.05) is 13.2 Å². The third-order valence-electron chi connectivity index (χ3n) is 3.65. The van der Waals surface area contributed by atoms with Crippen LogP contribution in [0.3, 0.4) is 0 Å². The molecule has 0 amide bonds. The number of para-hydroxylation sites is 2. The molecule has 4 heteroatoms. The van der Waals surface area contributed by atoms with Gasteiger partial charge in [0.15, 0.2) is 5.58 Å². The first-order valence-corrected chi connectivity index (χ1v) is 6.56. The van der Waals surface area contributed by atoms with Crippen molar-refractivity contribution < 1.29 is 9.52 Å². The number of hydrogen-bond acceptors (Lipinski definition) is 4. The van der Waals surface area contributed by atoms with E-state index in [9.17, 15) is 0 Å². The molecule has 1 heterocycles. The Balaban J connectivity index is 1.76. The van der Waals surface area contributed by atoms with Crippen molar-refractivity contribution >= 4 is 11.1 Å². The molecule has 1 aliphatic carbocycles. The predicted molar refractivity (Wildman–Crippen MR) is 69.1 cm³/mol. The molecule has 0 spiro atoms. The van der Waals surface area contributed by atoms with Gasteiger partial charge < -0.3 is 9.52 Å². The Hall–Kier alpha value is -1.39. The van der Waals surface area contributed by atoms with E-state index in [1.807, 2.05) is 24.3 Å². The lowest BCUT2D eigenvalue weighted by atomic mass is 9.91. The van der Waals surface area contributed by atoms with Crippen molar-refractivity contribution in [1.29, 1.82) is 0 Å². The molecule has 3 rings (SSSR count). The van der Waals surface area contributed by atoms with E-state index in [0.717, 1.165) is 17.0 Å². The molecule has 0 bridgehead atoms. The van der Waals surface area contributed by atoms with Crippen LogP contribution in [0.5, 0.6) is 0 Å². The third-order valence-corrected chi connectivity index (χ3v) is 3.65. The van der Waals surface area contributed by atoms with Gasteiger partial charge in [0, 0.05) is 12.6 Å². The molecule has 1 saturated carbocycles. The maximum atomic E-state index is 9.13. The quantitative estimate of drug-likeness (QED) is 0.878. The van der Waals surface area contributed by atoms with Crippen molar-refractivity contribution in [3.05, 3.63) is 30.2 Å². The zero-order valence-corrected chi connectivity index (χ0v) is 10.4. The average molecular weight is 246 g/mol. The van der Waals surface area contributed by atoms with Gasteiger partial charge in [0.05, 0.1) is 13.2 Å². The molecule has 0 aliphatic heterocycles. The highest BCUT2D eigenvalue weighted by Crippen LogP contribution is 2.26. The SMILES string of the molecule is OCCN(Cc1nc2ccccc2o1)C1CCC1. The number of nitrogens with zero attached hydrogens (tertiary/aromatic N) is 2. The summed E-state index contributed by atoms with van der Waals surface area (Å²) in [5.41, 5.74) is 1.75. The maximum Gasteiger partial charge on any atom is 0.209 e. The third kappa shape index (κ3) is 2.26. The van der Waals surface area contributed by atoms with Crippen LogP contribution in [0.1, 0.15) is 25.2 Å². The first-order valence-electron chi connectivity index (χ1n) is 6.56. The molecule has 4 nitrogen and oxygen atoms in total. The van der Waals surface area contributed by atoms with Crippen LogP contribution in [0.2, 0.25) is 0 Å². The zero-order chi connectivity index (χ0) is 12.4. The zero-order valence-electron chi connectivity index (χ0n) is 10.4. The van der Waals surface area contributed by atoms with Gasteiger partial charge in [0.2, 0.25) is 5.89 Å². The molecule has 1 N–H and O–H groups in total. The summed E-state index contributed by atoms with van der Waals surface area (Å²) in [6.45, 7) is 1.58. The van der Waals surface area contributed by atoms with Crippen LogP contribution in [-0.2, 0) is 6.54 Å². The summed E-state index contributed by atoms with van der Waals surface area (Å²) in [5.74, 6) is 0.747. The minimum Gasteiger partial charge on any atom is -0.439 e. The Morgan fingerprint density at radius 1 is 1.33 bits per heavy atom. The van der Waals surface area contributed by atoms with E-state index in [-0.39, 0.29) is 6.61 Å². The lowest BCUT2D eigenvalue weighted by Crippen LogP contribution is -2.41. The number of aliphatic hydroxyl groups is 1. The molecule has 1 aromatic heterocycles. The average Bonchev–Trinajstić information content (AvgIpc) is 2.69. The van der Waals surface area contributed by atoms with Gasteiger partial charge in [-0.25, -0.2) is 4.98 Å². The Labute approximate surface area is 106 Å². The van der Waals surface area contributed by atoms with Crippen molar-refractivity contribution in [2.45, 2.75) is 31.8 Å². The largest absolute Gasteiger partial charge is 0.439 e. The summed E-state index contributed by atoms with van der Waals surface area (Å²) in [6, 6.07) is 8.40. The highest BCUT2D eigenvalue weighted by molar-refractivity contribution is 5.72. The number of oxazole rings is 1. The highest BCUT2D eigenvalue weighted by atomic mass is 16.3. The monoisotopic (exact) mass is 246 g/mol. The Bertz CT molecular complexity index is 486. The molecule has 1 fully saturated rings. The highest BCUT2D eigenvalue weighted by Gasteiger charge is 2.25. The van der Waals surface area contributed by atoms with Gasteiger partial charge in [-0.1, -0.05) is 18.6 Å². The maximum absolute atomic E-state index is 9.13. The minimum absolute atomic E-state index is 0.191. The van der Waals surface area contributed by atoms with Gasteiger partial charge >= 0.3 is 0 Å². The second-order valence-electron chi connectivity index (χ2n) is 4.85. The lowest BCUT2D eigenvalue weighted by molar-refractivity contribution is 0.0867. The van der Waals surface area contributed by atoms with Gasteiger partial charge in [-0.2, -0.15) is 0 Å². The Morgan fingerprint density at radius 3 is 2.83 bits per heavy atom. The second-order valence-corrected chi connectivity index (χ2v) is 4.85. The summed E-state index contributed by atoms with van der Waals surface area (Å²) in [6.07, 6.45) is 3.74. The first-order chi connectivity index (χ1) is 8.86. The first kappa shape index (κ1) is 11.7. The van der Waals surface area contributed by atoms with E-state index in [2.05, 4.69) is 9.88 Å². The molecule has 0 radical (unpaired) electrons. The number of fused-ring (bicyclic) bond motifs is 1. The summed E-state index contributed by atoms with van der Waals surface area (Å²) < 4.78 is 5.73. The normalized spacial score (nSPS) is 16.3. The van der Waals surface area contributed by atoms with Crippen LogP contribution >= 0.6 is 0 Å². The summed E-state index contributed by atoms with van der Waals surface area (Å²) in [7, 11) is 0. The molecule has 2 aromatic rings. The summed E-state index contributed by atoms with van der Waals surface area (Å²) in [4.78, 5) is 6.76. The fraction of sp³-hybridized carbons (Fsp3) is 0.500. The van der Waals surface area contributed by atoms with Gasteiger partial charge in [-0.15, -0.1) is 0 Å². The van der Waals surface area contributed by atoms with Crippen molar-refractivity contribution in [3.63, 3.8) is 0 Å². The van der Waals surface area contributed by atoms with Crippen LogP contribution < -0.4 is 0 Å². The van der Waals surface area contributed by atoms with Crippen LogP contribution in [0.25, 0.3) is 11.1 Å². The van der Waals surface area contributed by atoms with E-state index in [1.54, 1.807) is 0 Å². The molecule has 1 aliphatic rings. The van der Waals surface area contributed by atoms with Crippen molar-refractivity contribution in [3.8, 4) is 0 Å². The molecule has 0 atom stereocenters. The van der Waals surface area contributed by atoms with Gasteiger partial charge in [-0.3, -0.25) is 4.90 Å². The number of aliphatic hydroxyl groups excluding tert-OH is 1. The van der Waals surface area contributed by atoms with E-state index in [4.69, 9.17) is 9.52 Å². The predicted octanol–water partition coefficient (Wildman–Crippen LogP) is 2.17. The van der Waals surface area contributed by atoms with Crippen molar-refractivity contribution in [2.24, 2.45) is 0 Å². The summed E-state index contributed by atoms with van der Waals surface area (Å²) >= 11 is 0. The fourth-order valence-electron chi connectivity index (χ4n) is 2.43. The number of benzene rings is 1. The van der Waals surface area contributed by atoms with Crippen LogP contribution in [0.4, 0.5) is 0 Å². The molecule has 96 valence electrons. The lowest BCUT2D eigenvalue weighted by Gasteiger charge is -2.36. The van der Waals surface area contributed by atoms with Gasteiger partial charge in [0.1, 0.15) is 5.52 Å². The van der Waals surface area contributed by atoms with E-state index >= 15 is 0 Å². The molecule has 1 aromatic carbocycles. The number of rotatable bonds is 5.